The van der Waals surface area contributed by atoms with Crippen LogP contribution in [0, 0.1) is 0 Å². The van der Waals surface area contributed by atoms with Crippen molar-refractivity contribution < 1.29 is 14.2 Å². The average Bonchev–Trinajstić information content (AvgIpc) is 2.89. The Balaban J connectivity index is 2.35. The molecule has 1 aromatic heterocycles. The van der Waals surface area contributed by atoms with E-state index < -0.39 is 0 Å². The number of unbranched alkanes of at least 4 members (excludes halogenated alkanes) is 10. The van der Waals surface area contributed by atoms with Crippen LogP contribution in [0.25, 0.3) is 10.9 Å². The summed E-state index contributed by atoms with van der Waals surface area (Å²) in [5.74, 6) is 1.77. The Morgan fingerprint density at radius 3 is 1.83 bits per heavy atom. The number of hydrogen-bond donors (Lipinski definition) is 0. The predicted molar refractivity (Wildman–Crippen MR) is 152 cm³/mol. The molecule has 0 saturated heterocycles. The molecule has 0 unspecified atom stereocenters. The van der Waals surface area contributed by atoms with Gasteiger partial charge in [-0.3, -0.25) is 4.79 Å². The molecule has 0 fully saturated rings. The van der Waals surface area contributed by atoms with Gasteiger partial charge in [0.1, 0.15) is 5.75 Å². The molecule has 0 bridgehead atoms. The molecule has 0 atom stereocenters. The van der Waals surface area contributed by atoms with E-state index in [1.807, 2.05) is 22.8 Å². The van der Waals surface area contributed by atoms with E-state index in [2.05, 4.69) is 27.7 Å². The van der Waals surface area contributed by atoms with Gasteiger partial charge in [0.05, 0.1) is 25.3 Å². The topological polar surface area (TPSA) is 49.7 Å². The molecule has 0 aliphatic carbocycles. The third-order valence-electron chi connectivity index (χ3n) is 6.64. The zero-order valence-electron chi connectivity index (χ0n) is 23.5. The van der Waals surface area contributed by atoms with E-state index in [-0.39, 0.29) is 5.56 Å². The molecule has 0 N–H and O–H groups in total. The molecule has 0 radical (unpaired) electrons. The van der Waals surface area contributed by atoms with Crippen LogP contribution in [-0.2, 0) is 6.54 Å². The number of hydrogen-bond acceptors (Lipinski definition) is 4. The molecule has 1 aromatic carbocycles. The molecule has 0 aliphatic rings. The summed E-state index contributed by atoms with van der Waals surface area (Å²) in [6, 6.07) is 6.08. The summed E-state index contributed by atoms with van der Waals surface area (Å²) >= 11 is 0. The summed E-state index contributed by atoms with van der Waals surface area (Å²) in [5, 5.41) is 0.930. The minimum atomic E-state index is -0.0883. The molecule has 1 heterocycles. The fourth-order valence-electron chi connectivity index (χ4n) is 4.37. The van der Waals surface area contributed by atoms with Crippen molar-refractivity contribution in [3.8, 4) is 17.2 Å². The molecular formula is C31H51NO4. The standard InChI is InChI=1S/C31H51NO4/c1-5-9-13-15-16-18-24-34-26-19-20-27-28(25-26)32(21-17-14-10-6-2)31(33)30(36-23-12-8-4)29(27)35-22-11-7-3/h19-20,25H,5-18,21-24H2,1-4H3. The number of aryl methyl sites for hydroxylation is 1. The molecule has 0 saturated carbocycles. The van der Waals surface area contributed by atoms with Crippen molar-refractivity contribution in [3.63, 3.8) is 0 Å². The maximum absolute atomic E-state index is 13.7. The van der Waals surface area contributed by atoms with E-state index >= 15 is 0 Å². The molecule has 2 aromatic rings. The number of ether oxygens (including phenoxy) is 3. The smallest absolute Gasteiger partial charge is 0.297 e. The molecular weight excluding hydrogens is 450 g/mol. The van der Waals surface area contributed by atoms with Crippen LogP contribution in [0.1, 0.15) is 118 Å². The third kappa shape index (κ3) is 9.71. The lowest BCUT2D eigenvalue weighted by Crippen LogP contribution is -2.24. The number of aromatic nitrogens is 1. The van der Waals surface area contributed by atoms with E-state index in [1.165, 1.54) is 44.9 Å². The van der Waals surface area contributed by atoms with Crippen LogP contribution in [0.2, 0.25) is 0 Å². The second kappa shape index (κ2) is 18.1. The Hall–Kier alpha value is -2.17. The van der Waals surface area contributed by atoms with Crippen LogP contribution >= 0.6 is 0 Å². The summed E-state index contributed by atoms with van der Waals surface area (Å²) in [6.45, 7) is 11.2. The van der Waals surface area contributed by atoms with Gasteiger partial charge >= 0.3 is 0 Å². The Morgan fingerprint density at radius 2 is 1.17 bits per heavy atom. The van der Waals surface area contributed by atoms with Gasteiger partial charge in [-0.05, 0) is 37.8 Å². The first-order chi connectivity index (χ1) is 17.7. The van der Waals surface area contributed by atoms with Gasteiger partial charge in [0, 0.05) is 18.0 Å². The SMILES string of the molecule is CCCCCCCCOc1ccc2c(OCCCC)c(OCCCC)c(=O)n(CCCCCC)c2c1. The highest BCUT2D eigenvalue weighted by Gasteiger charge is 2.20. The quantitative estimate of drug-likeness (QED) is 0.161. The van der Waals surface area contributed by atoms with Gasteiger partial charge in [-0.15, -0.1) is 0 Å². The van der Waals surface area contributed by atoms with Gasteiger partial charge in [0.2, 0.25) is 5.75 Å². The average molecular weight is 502 g/mol. The molecule has 0 amide bonds. The molecule has 204 valence electrons. The van der Waals surface area contributed by atoms with Crippen LogP contribution in [0.4, 0.5) is 0 Å². The third-order valence-corrected chi connectivity index (χ3v) is 6.64. The molecule has 36 heavy (non-hydrogen) atoms. The molecule has 0 aliphatic heterocycles. The van der Waals surface area contributed by atoms with Gasteiger partial charge in [0.25, 0.3) is 5.56 Å². The largest absolute Gasteiger partial charge is 0.494 e. The minimum Gasteiger partial charge on any atom is -0.494 e. The van der Waals surface area contributed by atoms with Crippen LogP contribution < -0.4 is 19.8 Å². The monoisotopic (exact) mass is 501 g/mol. The van der Waals surface area contributed by atoms with Crippen molar-refractivity contribution in [1.82, 2.24) is 4.57 Å². The number of fused-ring (bicyclic) bond motifs is 1. The Bertz CT molecular complexity index is 921. The lowest BCUT2D eigenvalue weighted by molar-refractivity contribution is 0.259. The van der Waals surface area contributed by atoms with Crippen LogP contribution in [0.15, 0.2) is 23.0 Å². The van der Waals surface area contributed by atoms with Gasteiger partial charge in [0.15, 0.2) is 5.75 Å². The fourth-order valence-corrected chi connectivity index (χ4v) is 4.37. The number of rotatable bonds is 21. The van der Waals surface area contributed by atoms with E-state index in [9.17, 15) is 4.79 Å². The fraction of sp³-hybridized carbons (Fsp3) is 0.710. The first-order valence-electron chi connectivity index (χ1n) is 14.8. The molecule has 2 rings (SSSR count). The zero-order valence-corrected chi connectivity index (χ0v) is 23.5. The minimum absolute atomic E-state index is 0.0883. The Morgan fingerprint density at radius 1 is 0.611 bits per heavy atom. The van der Waals surface area contributed by atoms with Crippen LogP contribution in [0.3, 0.4) is 0 Å². The van der Waals surface area contributed by atoms with Gasteiger partial charge in [-0.25, -0.2) is 0 Å². The maximum atomic E-state index is 13.7. The lowest BCUT2D eigenvalue weighted by Gasteiger charge is -2.19. The molecule has 0 spiro atoms. The van der Waals surface area contributed by atoms with E-state index in [0.29, 0.717) is 37.9 Å². The lowest BCUT2D eigenvalue weighted by atomic mass is 10.1. The highest BCUT2D eigenvalue weighted by molar-refractivity contribution is 5.89. The van der Waals surface area contributed by atoms with Crippen molar-refractivity contribution in [2.75, 3.05) is 19.8 Å². The second-order valence-electron chi connectivity index (χ2n) is 9.87. The normalized spacial score (nSPS) is 11.2. The maximum Gasteiger partial charge on any atom is 0.297 e. The highest BCUT2D eigenvalue weighted by atomic mass is 16.5. The molecule has 5 nitrogen and oxygen atoms in total. The Kier molecular flexibility index (Phi) is 15.1. The van der Waals surface area contributed by atoms with Gasteiger partial charge in [-0.2, -0.15) is 0 Å². The van der Waals surface area contributed by atoms with Crippen molar-refractivity contribution >= 4 is 10.9 Å². The Labute approximate surface area is 219 Å². The molecule has 5 heteroatoms. The van der Waals surface area contributed by atoms with E-state index in [0.717, 1.165) is 61.6 Å². The van der Waals surface area contributed by atoms with Crippen LogP contribution in [0.5, 0.6) is 17.2 Å². The first kappa shape index (κ1) is 30.1. The predicted octanol–water partition coefficient (Wildman–Crippen LogP) is 8.68. The van der Waals surface area contributed by atoms with E-state index in [4.69, 9.17) is 14.2 Å². The summed E-state index contributed by atoms with van der Waals surface area (Å²) in [4.78, 5) is 13.7. The van der Waals surface area contributed by atoms with Crippen LogP contribution in [-0.4, -0.2) is 24.4 Å². The van der Waals surface area contributed by atoms with Crippen molar-refractivity contribution in [1.29, 1.82) is 0 Å². The summed E-state index contributed by atoms with van der Waals surface area (Å²) < 4.78 is 20.3. The number of pyridine rings is 1. The number of benzene rings is 1. The highest BCUT2D eigenvalue weighted by Crippen LogP contribution is 2.35. The van der Waals surface area contributed by atoms with Crippen molar-refractivity contribution in [3.05, 3.63) is 28.6 Å². The first-order valence-corrected chi connectivity index (χ1v) is 14.8. The second-order valence-corrected chi connectivity index (χ2v) is 9.87. The summed E-state index contributed by atoms with van der Waals surface area (Å²) in [6.07, 6.45) is 15.7. The summed E-state index contributed by atoms with van der Waals surface area (Å²) in [5.41, 5.74) is 0.793. The van der Waals surface area contributed by atoms with Gasteiger partial charge in [-0.1, -0.05) is 91.9 Å². The van der Waals surface area contributed by atoms with Gasteiger partial charge < -0.3 is 18.8 Å². The van der Waals surface area contributed by atoms with Crippen molar-refractivity contribution in [2.24, 2.45) is 0 Å². The zero-order chi connectivity index (χ0) is 26.0. The van der Waals surface area contributed by atoms with E-state index in [1.54, 1.807) is 0 Å². The van der Waals surface area contributed by atoms with Crippen molar-refractivity contribution in [2.45, 2.75) is 124 Å². The summed E-state index contributed by atoms with van der Waals surface area (Å²) in [7, 11) is 0. The number of nitrogens with zero attached hydrogens (tertiary/aromatic N) is 1.